The Labute approximate surface area is 122 Å². The van der Waals surface area contributed by atoms with Gasteiger partial charge in [0.25, 0.3) is 0 Å². The van der Waals surface area contributed by atoms with Crippen LogP contribution in [-0.2, 0) is 6.42 Å². The molecule has 0 saturated heterocycles. The molecule has 18 heavy (non-hydrogen) atoms. The van der Waals surface area contributed by atoms with Crippen LogP contribution in [0.5, 0.6) is 0 Å². The fourth-order valence-electron chi connectivity index (χ4n) is 2.26. The average Bonchev–Trinajstić information content (AvgIpc) is 2.71. The van der Waals surface area contributed by atoms with Gasteiger partial charge in [-0.25, -0.2) is 0 Å². The minimum Gasteiger partial charge on any atom is -0.330 e. The number of aryl methyl sites for hydroxylation is 1. The maximum atomic E-state index is 5.67. The van der Waals surface area contributed by atoms with Gasteiger partial charge in [-0.3, -0.25) is 0 Å². The van der Waals surface area contributed by atoms with E-state index >= 15 is 0 Å². The van der Waals surface area contributed by atoms with Crippen molar-refractivity contribution in [2.45, 2.75) is 33.1 Å². The van der Waals surface area contributed by atoms with Gasteiger partial charge >= 0.3 is 0 Å². The number of hydrogen-bond donors (Lipinski definition) is 1. The van der Waals surface area contributed by atoms with E-state index in [0.29, 0.717) is 5.41 Å². The standard InChI is InChI=1S/C15H20BrNS/c1-15(2,8-9-17)7-6-11-10-18-14-12(11)4-3-5-13(14)16/h3-5,10H,6-9,17H2,1-2H3. The second-order valence-electron chi connectivity index (χ2n) is 5.58. The first-order valence-electron chi connectivity index (χ1n) is 6.38. The number of nitrogens with two attached hydrogens (primary N) is 1. The van der Waals surface area contributed by atoms with Gasteiger partial charge in [-0.05, 0) is 69.5 Å². The van der Waals surface area contributed by atoms with Crippen LogP contribution < -0.4 is 5.73 Å². The van der Waals surface area contributed by atoms with Gasteiger partial charge in [-0.1, -0.05) is 26.0 Å². The summed E-state index contributed by atoms with van der Waals surface area (Å²) in [5.41, 5.74) is 7.49. The highest BCUT2D eigenvalue weighted by Crippen LogP contribution is 2.34. The summed E-state index contributed by atoms with van der Waals surface area (Å²) < 4.78 is 2.57. The monoisotopic (exact) mass is 325 g/mol. The van der Waals surface area contributed by atoms with E-state index < -0.39 is 0 Å². The van der Waals surface area contributed by atoms with Gasteiger partial charge in [-0.15, -0.1) is 11.3 Å². The summed E-state index contributed by atoms with van der Waals surface area (Å²) in [6.45, 7) is 5.40. The predicted octanol–water partition coefficient (Wildman–Crippen LogP) is 4.97. The van der Waals surface area contributed by atoms with Crippen molar-refractivity contribution in [1.29, 1.82) is 0 Å². The van der Waals surface area contributed by atoms with E-state index in [9.17, 15) is 0 Å². The summed E-state index contributed by atoms with van der Waals surface area (Å²) >= 11 is 5.45. The third-order valence-electron chi connectivity index (χ3n) is 3.52. The predicted molar refractivity (Wildman–Crippen MR) is 85.3 cm³/mol. The molecule has 0 aliphatic heterocycles. The summed E-state index contributed by atoms with van der Waals surface area (Å²) in [5, 5.41) is 3.70. The van der Waals surface area contributed by atoms with Crippen LogP contribution in [0.1, 0.15) is 32.3 Å². The molecule has 0 aliphatic rings. The van der Waals surface area contributed by atoms with E-state index in [2.05, 4.69) is 53.4 Å². The van der Waals surface area contributed by atoms with Crippen molar-refractivity contribution >= 4 is 37.4 Å². The first-order chi connectivity index (χ1) is 8.53. The van der Waals surface area contributed by atoms with Gasteiger partial charge in [0.2, 0.25) is 0 Å². The van der Waals surface area contributed by atoms with Crippen LogP contribution >= 0.6 is 27.3 Å². The lowest BCUT2D eigenvalue weighted by atomic mass is 9.83. The van der Waals surface area contributed by atoms with Gasteiger partial charge in [-0.2, -0.15) is 0 Å². The fraction of sp³-hybridized carbons (Fsp3) is 0.467. The first kappa shape index (κ1) is 14.0. The van der Waals surface area contributed by atoms with Gasteiger partial charge < -0.3 is 5.73 Å². The Kier molecular flexibility index (Phi) is 4.46. The van der Waals surface area contributed by atoms with Crippen molar-refractivity contribution in [2.75, 3.05) is 6.54 Å². The van der Waals surface area contributed by atoms with Crippen molar-refractivity contribution in [3.63, 3.8) is 0 Å². The molecule has 2 N–H and O–H groups in total. The largest absolute Gasteiger partial charge is 0.330 e. The summed E-state index contributed by atoms with van der Waals surface area (Å²) in [6.07, 6.45) is 3.44. The van der Waals surface area contributed by atoms with Crippen molar-refractivity contribution in [1.82, 2.24) is 0 Å². The van der Waals surface area contributed by atoms with Gasteiger partial charge in [0.1, 0.15) is 0 Å². The Morgan fingerprint density at radius 1 is 1.28 bits per heavy atom. The third kappa shape index (κ3) is 3.14. The van der Waals surface area contributed by atoms with Crippen LogP contribution in [0, 0.1) is 5.41 Å². The van der Waals surface area contributed by atoms with Crippen LogP contribution in [0.4, 0.5) is 0 Å². The molecule has 0 atom stereocenters. The topological polar surface area (TPSA) is 26.0 Å². The lowest BCUT2D eigenvalue weighted by molar-refractivity contribution is 0.314. The number of fused-ring (bicyclic) bond motifs is 1. The first-order valence-corrected chi connectivity index (χ1v) is 8.05. The molecule has 2 rings (SSSR count). The highest BCUT2D eigenvalue weighted by Gasteiger charge is 2.17. The zero-order valence-corrected chi connectivity index (χ0v) is 13.4. The highest BCUT2D eigenvalue weighted by atomic mass is 79.9. The molecular formula is C15H20BrNS. The molecule has 0 amide bonds. The van der Waals surface area contributed by atoms with Crippen LogP contribution in [0.15, 0.2) is 28.1 Å². The molecule has 0 bridgehead atoms. The summed E-state index contributed by atoms with van der Waals surface area (Å²) in [7, 11) is 0. The van der Waals surface area contributed by atoms with Crippen molar-refractivity contribution in [3.05, 3.63) is 33.6 Å². The molecule has 0 aliphatic carbocycles. The smallest absolute Gasteiger partial charge is 0.0487 e. The molecule has 1 aromatic heterocycles. The molecule has 2 aromatic rings. The van der Waals surface area contributed by atoms with Crippen molar-refractivity contribution in [3.8, 4) is 0 Å². The Morgan fingerprint density at radius 3 is 2.78 bits per heavy atom. The minimum absolute atomic E-state index is 0.342. The lowest BCUT2D eigenvalue weighted by Gasteiger charge is -2.23. The van der Waals surface area contributed by atoms with E-state index in [1.54, 1.807) is 0 Å². The SMILES string of the molecule is CC(C)(CCN)CCc1csc2c(Br)cccc12. The third-order valence-corrected chi connectivity index (χ3v) is 5.53. The number of thiophene rings is 1. The van der Waals surface area contributed by atoms with E-state index in [1.165, 1.54) is 26.5 Å². The summed E-state index contributed by atoms with van der Waals surface area (Å²) in [5.74, 6) is 0. The van der Waals surface area contributed by atoms with Crippen LogP contribution in [0.3, 0.4) is 0 Å². The van der Waals surface area contributed by atoms with Gasteiger partial charge in [0, 0.05) is 9.17 Å². The van der Waals surface area contributed by atoms with Crippen LogP contribution in [0.25, 0.3) is 10.1 Å². The Hall–Kier alpha value is -0.380. The molecule has 98 valence electrons. The molecule has 3 heteroatoms. The Morgan fingerprint density at radius 2 is 2.06 bits per heavy atom. The molecular weight excluding hydrogens is 306 g/mol. The Bertz CT molecular complexity index is 530. The number of rotatable bonds is 5. The van der Waals surface area contributed by atoms with Crippen LogP contribution in [0.2, 0.25) is 0 Å². The summed E-state index contributed by atoms with van der Waals surface area (Å²) in [4.78, 5) is 0. The number of benzene rings is 1. The second-order valence-corrected chi connectivity index (χ2v) is 7.31. The molecule has 1 nitrogen and oxygen atoms in total. The molecule has 0 radical (unpaired) electrons. The second kappa shape index (κ2) is 5.72. The van der Waals surface area contributed by atoms with Gasteiger partial charge in [0.05, 0.1) is 0 Å². The normalized spacial score (nSPS) is 12.2. The van der Waals surface area contributed by atoms with Crippen molar-refractivity contribution < 1.29 is 0 Å². The molecule has 0 spiro atoms. The van der Waals surface area contributed by atoms with E-state index in [-0.39, 0.29) is 0 Å². The zero-order chi connectivity index (χ0) is 13.2. The van der Waals surface area contributed by atoms with Crippen LogP contribution in [-0.4, -0.2) is 6.54 Å². The number of hydrogen-bond acceptors (Lipinski definition) is 2. The van der Waals surface area contributed by atoms with E-state index in [0.717, 1.165) is 19.4 Å². The lowest BCUT2D eigenvalue weighted by Crippen LogP contribution is -2.17. The average molecular weight is 326 g/mol. The highest BCUT2D eigenvalue weighted by molar-refractivity contribution is 9.10. The maximum Gasteiger partial charge on any atom is 0.0487 e. The molecule has 0 unspecified atom stereocenters. The summed E-state index contributed by atoms with van der Waals surface area (Å²) in [6, 6.07) is 6.45. The van der Waals surface area contributed by atoms with E-state index in [1.807, 2.05) is 11.3 Å². The maximum absolute atomic E-state index is 5.67. The zero-order valence-electron chi connectivity index (χ0n) is 11.0. The van der Waals surface area contributed by atoms with Gasteiger partial charge in [0.15, 0.2) is 0 Å². The van der Waals surface area contributed by atoms with E-state index in [4.69, 9.17) is 5.73 Å². The quantitative estimate of drug-likeness (QED) is 0.825. The molecule has 1 heterocycles. The Balaban J connectivity index is 2.16. The minimum atomic E-state index is 0.342. The molecule has 0 fully saturated rings. The molecule has 1 aromatic carbocycles. The molecule has 0 saturated carbocycles. The fourth-order valence-corrected chi connectivity index (χ4v) is 3.92. The van der Waals surface area contributed by atoms with Crippen molar-refractivity contribution in [2.24, 2.45) is 11.1 Å². The number of halogens is 1.